The maximum absolute atomic E-state index is 12.0. The average Bonchev–Trinajstić information content (AvgIpc) is 3.19. The summed E-state index contributed by atoms with van der Waals surface area (Å²) in [5.74, 6) is -0.289. The van der Waals surface area contributed by atoms with Crippen LogP contribution in [0, 0.1) is 0 Å². The van der Waals surface area contributed by atoms with E-state index in [2.05, 4.69) is 20.3 Å². The third-order valence-corrected chi connectivity index (χ3v) is 4.15. The zero-order valence-corrected chi connectivity index (χ0v) is 15.4. The first-order valence-electron chi connectivity index (χ1n) is 8.94. The Labute approximate surface area is 165 Å². The molecule has 0 radical (unpaired) electrons. The smallest absolute Gasteiger partial charge is 0.331 e. The van der Waals surface area contributed by atoms with Gasteiger partial charge in [0.05, 0.1) is 23.6 Å². The summed E-state index contributed by atoms with van der Waals surface area (Å²) in [4.78, 5) is 30.9. The van der Waals surface area contributed by atoms with E-state index in [0.717, 1.165) is 5.56 Å². The van der Waals surface area contributed by atoms with Gasteiger partial charge in [0.15, 0.2) is 0 Å². The van der Waals surface area contributed by atoms with E-state index in [1.807, 2.05) is 30.3 Å². The number of carbonyl (C=O) groups is 1. The highest BCUT2D eigenvalue weighted by atomic mass is 16.5. The molecule has 29 heavy (non-hydrogen) atoms. The van der Waals surface area contributed by atoms with Crippen LogP contribution in [0.5, 0.6) is 0 Å². The number of nitrogens with zero attached hydrogens (tertiary/aromatic N) is 4. The Morgan fingerprint density at radius 1 is 1.10 bits per heavy atom. The average molecular weight is 387 g/mol. The van der Waals surface area contributed by atoms with Crippen LogP contribution in [0.1, 0.15) is 17.1 Å². The predicted octanol–water partition coefficient (Wildman–Crippen LogP) is 2.32. The fraction of sp³-hybridized carbons (Fsp3) is 0.0952. The van der Waals surface area contributed by atoms with Crippen molar-refractivity contribution in [3.8, 4) is 0 Å². The van der Waals surface area contributed by atoms with Gasteiger partial charge < -0.3 is 9.72 Å². The molecule has 2 aromatic carbocycles. The molecule has 0 aliphatic carbocycles. The van der Waals surface area contributed by atoms with Gasteiger partial charge in [-0.15, -0.1) is 5.10 Å². The van der Waals surface area contributed by atoms with Gasteiger partial charge in [-0.2, -0.15) is 0 Å². The first-order valence-corrected chi connectivity index (χ1v) is 8.94. The summed E-state index contributed by atoms with van der Waals surface area (Å²) >= 11 is 0. The first-order chi connectivity index (χ1) is 14.2. The van der Waals surface area contributed by atoms with Crippen LogP contribution in [0.4, 0.5) is 0 Å². The number of esters is 1. The Bertz CT molecular complexity index is 1230. The molecule has 0 unspecified atom stereocenters. The van der Waals surface area contributed by atoms with E-state index in [0.29, 0.717) is 23.1 Å². The maximum atomic E-state index is 12.0. The van der Waals surface area contributed by atoms with Crippen LogP contribution < -0.4 is 5.56 Å². The lowest BCUT2D eigenvalue weighted by Crippen LogP contribution is -2.13. The number of benzene rings is 2. The SMILES string of the molecule is O=C(/C=C/c1cn(Cc2ccccc2)nn1)OCc1nc2ccccc2c(=O)[nH]1. The highest BCUT2D eigenvalue weighted by Gasteiger charge is 2.06. The van der Waals surface area contributed by atoms with Crippen LogP contribution in [-0.4, -0.2) is 30.9 Å². The monoisotopic (exact) mass is 387 g/mol. The van der Waals surface area contributed by atoms with Crippen LogP contribution in [0.25, 0.3) is 17.0 Å². The zero-order valence-electron chi connectivity index (χ0n) is 15.4. The number of carbonyl (C=O) groups excluding carboxylic acids is 1. The van der Waals surface area contributed by atoms with Crippen LogP contribution in [-0.2, 0) is 22.7 Å². The van der Waals surface area contributed by atoms with Crippen LogP contribution in [0.2, 0.25) is 0 Å². The fourth-order valence-corrected chi connectivity index (χ4v) is 2.78. The molecule has 8 heteroatoms. The third kappa shape index (κ3) is 4.62. The standard InChI is InChI=1S/C21H17N5O3/c27-20(29-14-19-22-18-9-5-4-8-17(18)21(28)23-19)11-10-16-13-26(25-24-16)12-15-6-2-1-3-7-15/h1-11,13H,12,14H2,(H,22,23,28)/b11-10+. The third-order valence-electron chi connectivity index (χ3n) is 4.15. The molecule has 1 N–H and O–H groups in total. The molecule has 0 fully saturated rings. The molecule has 2 heterocycles. The maximum Gasteiger partial charge on any atom is 0.331 e. The second-order valence-electron chi connectivity index (χ2n) is 6.30. The van der Waals surface area contributed by atoms with Crippen molar-refractivity contribution in [2.75, 3.05) is 0 Å². The first kappa shape index (κ1) is 18.3. The van der Waals surface area contributed by atoms with Gasteiger partial charge >= 0.3 is 5.97 Å². The Kier molecular flexibility index (Phi) is 5.24. The van der Waals surface area contributed by atoms with E-state index in [4.69, 9.17) is 4.74 Å². The van der Waals surface area contributed by atoms with Crippen molar-refractivity contribution in [3.05, 3.63) is 94.3 Å². The number of aromatic nitrogens is 5. The Balaban J connectivity index is 1.35. The molecule has 0 bridgehead atoms. The fourth-order valence-electron chi connectivity index (χ4n) is 2.78. The minimum absolute atomic E-state index is 0.135. The quantitative estimate of drug-likeness (QED) is 0.402. The molecule has 0 aliphatic rings. The lowest BCUT2D eigenvalue weighted by molar-refractivity contribution is -0.139. The largest absolute Gasteiger partial charge is 0.454 e. The summed E-state index contributed by atoms with van der Waals surface area (Å²) in [6.45, 7) is 0.455. The molecule has 0 spiro atoms. The lowest BCUT2D eigenvalue weighted by Gasteiger charge is -2.03. The molecule has 144 valence electrons. The Morgan fingerprint density at radius 2 is 1.90 bits per heavy atom. The molecular weight excluding hydrogens is 370 g/mol. The van der Waals surface area contributed by atoms with Gasteiger partial charge in [-0.1, -0.05) is 47.7 Å². The topological polar surface area (TPSA) is 103 Å². The molecule has 0 saturated carbocycles. The second kappa shape index (κ2) is 8.30. The van der Waals surface area contributed by atoms with Crippen LogP contribution in [0.3, 0.4) is 0 Å². The molecule has 0 aliphatic heterocycles. The minimum Gasteiger partial charge on any atom is -0.454 e. The molecule has 0 amide bonds. The van der Waals surface area contributed by atoms with E-state index in [-0.39, 0.29) is 18.0 Å². The van der Waals surface area contributed by atoms with Gasteiger partial charge in [-0.05, 0) is 23.8 Å². The van der Waals surface area contributed by atoms with Crippen LogP contribution in [0.15, 0.2) is 71.7 Å². The number of rotatable bonds is 6. The van der Waals surface area contributed by atoms with Crippen molar-refractivity contribution in [2.24, 2.45) is 0 Å². The number of hydrogen-bond donors (Lipinski definition) is 1. The number of ether oxygens (including phenoxy) is 1. The van der Waals surface area contributed by atoms with Gasteiger partial charge in [-0.25, -0.2) is 14.5 Å². The summed E-state index contributed by atoms with van der Waals surface area (Å²) < 4.78 is 6.83. The number of nitrogens with one attached hydrogen (secondary N) is 1. The lowest BCUT2D eigenvalue weighted by atomic mass is 10.2. The Morgan fingerprint density at radius 3 is 2.76 bits per heavy atom. The van der Waals surface area contributed by atoms with Crippen LogP contribution >= 0.6 is 0 Å². The number of para-hydroxylation sites is 1. The van der Waals surface area contributed by atoms with Crippen molar-refractivity contribution in [1.82, 2.24) is 25.0 Å². The van der Waals surface area contributed by atoms with E-state index < -0.39 is 5.97 Å². The van der Waals surface area contributed by atoms with Crippen molar-refractivity contribution >= 4 is 22.9 Å². The predicted molar refractivity (Wildman–Crippen MR) is 107 cm³/mol. The van der Waals surface area contributed by atoms with Gasteiger partial charge in [0.1, 0.15) is 18.1 Å². The number of hydrogen-bond acceptors (Lipinski definition) is 6. The van der Waals surface area contributed by atoms with Crippen molar-refractivity contribution in [2.45, 2.75) is 13.2 Å². The van der Waals surface area contributed by atoms with E-state index in [9.17, 15) is 9.59 Å². The molecule has 8 nitrogen and oxygen atoms in total. The van der Waals surface area contributed by atoms with Crippen molar-refractivity contribution in [3.63, 3.8) is 0 Å². The van der Waals surface area contributed by atoms with E-state index in [1.54, 1.807) is 35.1 Å². The molecule has 0 atom stereocenters. The van der Waals surface area contributed by atoms with Gasteiger partial charge in [0, 0.05) is 6.08 Å². The minimum atomic E-state index is -0.571. The summed E-state index contributed by atoms with van der Waals surface area (Å²) in [6, 6.07) is 16.8. The normalized spacial score (nSPS) is 11.2. The molecular formula is C21H17N5O3. The summed E-state index contributed by atoms with van der Waals surface area (Å²) in [5, 5.41) is 8.53. The van der Waals surface area contributed by atoms with Crippen molar-refractivity contribution in [1.29, 1.82) is 0 Å². The summed E-state index contributed by atoms with van der Waals surface area (Å²) in [5.41, 5.74) is 1.92. The molecule has 4 aromatic rings. The number of fused-ring (bicyclic) bond motifs is 1. The second-order valence-corrected chi connectivity index (χ2v) is 6.30. The highest BCUT2D eigenvalue weighted by Crippen LogP contribution is 2.07. The molecule has 2 aromatic heterocycles. The Hall–Kier alpha value is -4.07. The van der Waals surface area contributed by atoms with E-state index in [1.165, 1.54) is 12.2 Å². The highest BCUT2D eigenvalue weighted by molar-refractivity contribution is 5.86. The van der Waals surface area contributed by atoms with E-state index >= 15 is 0 Å². The molecule has 4 rings (SSSR count). The van der Waals surface area contributed by atoms with Gasteiger partial charge in [-0.3, -0.25) is 4.79 Å². The van der Waals surface area contributed by atoms with Gasteiger partial charge in [0.2, 0.25) is 0 Å². The number of aromatic amines is 1. The zero-order chi connectivity index (χ0) is 20.1. The summed E-state index contributed by atoms with van der Waals surface area (Å²) in [7, 11) is 0. The van der Waals surface area contributed by atoms with Gasteiger partial charge in [0.25, 0.3) is 5.56 Å². The summed E-state index contributed by atoms with van der Waals surface area (Å²) in [6.07, 6.45) is 4.52. The van der Waals surface area contributed by atoms with Crippen molar-refractivity contribution < 1.29 is 9.53 Å². The number of H-pyrrole nitrogens is 1. The molecule has 0 saturated heterocycles.